The molecule has 0 unspecified atom stereocenters. The summed E-state index contributed by atoms with van der Waals surface area (Å²) in [5, 5.41) is 7.87. The third kappa shape index (κ3) is 5.24. The van der Waals surface area contributed by atoms with Crippen molar-refractivity contribution in [1.82, 2.24) is 20.4 Å². The first kappa shape index (κ1) is 17.2. The molecule has 1 atom stereocenters. The van der Waals surface area contributed by atoms with Crippen LogP contribution in [0.25, 0.3) is 0 Å². The average molecular weight is 326 g/mol. The molecule has 1 aromatic rings. The van der Waals surface area contributed by atoms with Gasteiger partial charge in [0, 0.05) is 51.3 Å². The number of amides is 2. The van der Waals surface area contributed by atoms with E-state index in [9.17, 15) is 4.79 Å². The van der Waals surface area contributed by atoms with Gasteiger partial charge in [0.15, 0.2) is 0 Å². The van der Waals surface area contributed by atoms with Crippen molar-refractivity contribution in [1.29, 1.82) is 0 Å². The van der Waals surface area contributed by atoms with E-state index in [1.54, 1.807) is 18.4 Å². The van der Waals surface area contributed by atoms with E-state index in [4.69, 9.17) is 4.74 Å². The van der Waals surface area contributed by atoms with Crippen molar-refractivity contribution in [3.8, 4) is 0 Å². The van der Waals surface area contributed by atoms with Gasteiger partial charge in [0.2, 0.25) is 0 Å². The molecule has 2 rings (SSSR count). The molecule has 2 amide bonds. The van der Waals surface area contributed by atoms with Crippen molar-refractivity contribution in [2.45, 2.75) is 6.04 Å². The van der Waals surface area contributed by atoms with Gasteiger partial charge in [-0.3, -0.25) is 4.90 Å². The van der Waals surface area contributed by atoms with E-state index < -0.39 is 0 Å². The fraction of sp³-hybridized carbons (Fsp3) is 0.667. The van der Waals surface area contributed by atoms with Crippen molar-refractivity contribution in [2.24, 2.45) is 0 Å². The normalized spacial score (nSPS) is 18.1. The molecule has 0 saturated carbocycles. The van der Waals surface area contributed by atoms with Crippen LogP contribution in [0.4, 0.5) is 4.79 Å². The number of ether oxygens (including phenoxy) is 1. The second kappa shape index (κ2) is 9.09. The summed E-state index contributed by atoms with van der Waals surface area (Å²) in [6.45, 7) is 5.89. The predicted molar refractivity (Wildman–Crippen MR) is 89.4 cm³/mol. The molecule has 1 fully saturated rings. The molecule has 1 saturated heterocycles. The highest BCUT2D eigenvalue weighted by Gasteiger charge is 2.24. The van der Waals surface area contributed by atoms with E-state index in [2.05, 4.69) is 45.0 Å². The van der Waals surface area contributed by atoms with Crippen LogP contribution >= 0.6 is 11.3 Å². The number of rotatable bonds is 7. The van der Waals surface area contributed by atoms with E-state index in [1.807, 2.05) is 0 Å². The molecule has 0 aromatic carbocycles. The van der Waals surface area contributed by atoms with Crippen molar-refractivity contribution in [3.05, 3.63) is 22.4 Å². The molecule has 124 valence electrons. The summed E-state index contributed by atoms with van der Waals surface area (Å²) >= 11 is 1.75. The van der Waals surface area contributed by atoms with Crippen LogP contribution < -0.4 is 10.6 Å². The number of piperazine rings is 1. The van der Waals surface area contributed by atoms with Gasteiger partial charge in [0.25, 0.3) is 0 Å². The van der Waals surface area contributed by atoms with Crippen LogP contribution in [0, 0.1) is 0 Å². The zero-order valence-corrected chi connectivity index (χ0v) is 14.2. The Morgan fingerprint density at radius 1 is 1.36 bits per heavy atom. The van der Waals surface area contributed by atoms with Gasteiger partial charge in [-0.05, 0) is 18.5 Å². The Labute approximate surface area is 136 Å². The highest BCUT2D eigenvalue weighted by atomic mass is 32.1. The highest BCUT2D eigenvalue weighted by molar-refractivity contribution is 7.10. The first-order valence-corrected chi connectivity index (χ1v) is 8.55. The average Bonchev–Trinajstić information content (AvgIpc) is 3.04. The number of methoxy groups -OCH3 is 1. The minimum atomic E-state index is -0.132. The minimum Gasteiger partial charge on any atom is -0.383 e. The van der Waals surface area contributed by atoms with Gasteiger partial charge in [-0.25, -0.2) is 4.79 Å². The summed E-state index contributed by atoms with van der Waals surface area (Å²) in [6.07, 6.45) is 0. The lowest BCUT2D eigenvalue weighted by Crippen LogP contribution is -2.49. The number of carbonyl (C=O) groups excluding carboxylic acids is 1. The fourth-order valence-electron chi connectivity index (χ4n) is 2.54. The van der Waals surface area contributed by atoms with Gasteiger partial charge < -0.3 is 20.3 Å². The molecule has 7 heteroatoms. The van der Waals surface area contributed by atoms with E-state index in [0.29, 0.717) is 19.7 Å². The maximum atomic E-state index is 11.8. The number of hydrogen-bond donors (Lipinski definition) is 2. The predicted octanol–water partition coefficient (Wildman–Crippen LogP) is 0.982. The highest BCUT2D eigenvalue weighted by Crippen LogP contribution is 2.25. The zero-order valence-electron chi connectivity index (χ0n) is 13.4. The molecule has 0 radical (unpaired) electrons. The second-order valence-electron chi connectivity index (χ2n) is 5.50. The van der Waals surface area contributed by atoms with Gasteiger partial charge in [0.05, 0.1) is 12.6 Å². The molecule has 0 aliphatic carbocycles. The van der Waals surface area contributed by atoms with Crippen molar-refractivity contribution in [2.75, 3.05) is 60.0 Å². The summed E-state index contributed by atoms with van der Waals surface area (Å²) in [4.78, 5) is 17.9. The Morgan fingerprint density at radius 3 is 2.77 bits per heavy atom. The largest absolute Gasteiger partial charge is 0.383 e. The van der Waals surface area contributed by atoms with Gasteiger partial charge in [0.1, 0.15) is 0 Å². The van der Waals surface area contributed by atoms with E-state index in [1.165, 1.54) is 4.88 Å². The number of nitrogens with zero attached hydrogens (tertiary/aromatic N) is 2. The van der Waals surface area contributed by atoms with Crippen LogP contribution in [-0.4, -0.2) is 75.9 Å². The number of thiophene rings is 1. The Kier molecular flexibility index (Phi) is 7.11. The van der Waals surface area contributed by atoms with Crippen LogP contribution in [0.3, 0.4) is 0 Å². The lowest BCUT2D eigenvalue weighted by molar-refractivity contribution is 0.112. The summed E-state index contributed by atoms with van der Waals surface area (Å²) in [7, 11) is 3.78. The van der Waals surface area contributed by atoms with E-state index in [0.717, 1.165) is 26.2 Å². The zero-order chi connectivity index (χ0) is 15.8. The Morgan fingerprint density at radius 2 is 2.14 bits per heavy atom. The van der Waals surface area contributed by atoms with Gasteiger partial charge in [-0.1, -0.05) is 6.07 Å². The molecule has 0 bridgehead atoms. The molecular formula is C15H26N4O2S. The first-order valence-electron chi connectivity index (χ1n) is 7.67. The van der Waals surface area contributed by atoms with Gasteiger partial charge in [-0.2, -0.15) is 0 Å². The molecule has 0 spiro atoms. The number of likely N-dealkylation sites (N-methyl/N-ethyl adjacent to an activating group) is 1. The Bertz CT molecular complexity index is 433. The monoisotopic (exact) mass is 326 g/mol. The topological polar surface area (TPSA) is 56.8 Å². The van der Waals surface area contributed by atoms with Crippen molar-refractivity contribution < 1.29 is 9.53 Å². The molecule has 1 aliphatic rings. The van der Waals surface area contributed by atoms with Gasteiger partial charge >= 0.3 is 6.03 Å². The van der Waals surface area contributed by atoms with Crippen LogP contribution in [0.1, 0.15) is 10.9 Å². The summed E-state index contributed by atoms with van der Waals surface area (Å²) in [5.41, 5.74) is 0. The van der Waals surface area contributed by atoms with Crippen LogP contribution in [-0.2, 0) is 4.74 Å². The SMILES string of the molecule is COCCNC(=O)NC[C@@H](c1cccs1)N1CCN(C)CC1. The maximum Gasteiger partial charge on any atom is 0.314 e. The quantitative estimate of drug-likeness (QED) is 0.734. The Balaban J connectivity index is 1.87. The third-order valence-corrected chi connectivity index (χ3v) is 4.87. The number of urea groups is 1. The Hall–Kier alpha value is -1.15. The van der Waals surface area contributed by atoms with Crippen molar-refractivity contribution in [3.63, 3.8) is 0 Å². The number of carbonyl (C=O) groups is 1. The summed E-state index contributed by atoms with van der Waals surface area (Å²) in [5.74, 6) is 0. The lowest BCUT2D eigenvalue weighted by Gasteiger charge is -2.37. The number of nitrogens with one attached hydrogen (secondary N) is 2. The van der Waals surface area contributed by atoms with Gasteiger partial charge in [-0.15, -0.1) is 11.3 Å². The lowest BCUT2D eigenvalue weighted by atomic mass is 10.1. The first-order chi connectivity index (χ1) is 10.7. The molecule has 1 aliphatic heterocycles. The third-order valence-electron chi connectivity index (χ3n) is 3.90. The molecule has 6 nitrogen and oxygen atoms in total. The smallest absolute Gasteiger partial charge is 0.314 e. The maximum absolute atomic E-state index is 11.8. The minimum absolute atomic E-state index is 0.132. The molecular weight excluding hydrogens is 300 g/mol. The molecule has 2 heterocycles. The molecule has 2 N–H and O–H groups in total. The van der Waals surface area contributed by atoms with Crippen LogP contribution in [0.5, 0.6) is 0 Å². The fourth-order valence-corrected chi connectivity index (χ4v) is 3.40. The van der Waals surface area contributed by atoms with E-state index >= 15 is 0 Å². The molecule has 22 heavy (non-hydrogen) atoms. The van der Waals surface area contributed by atoms with E-state index in [-0.39, 0.29) is 12.1 Å². The summed E-state index contributed by atoms with van der Waals surface area (Å²) < 4.78 is 4.93. The van der Waals surface area contributed by atoms with Crippen molar-refractivity contribution >= 4 is 17.4 Å². The standard InChI is InChI=1S/C15H26N4O2S/c1-18-6-8-19(9-7-18)13(14-4-3-11-22-14)12-17-15(20)16-5-10-21-2/h3-4,11,13H,5-10,12H2,1-2H3,(H2,16,17,20)/t13-/m0/s1. The second-order valence-corrected chi connectivity index (χ2v) is 6.48. The summed E-state index contributed by atoms with van der Waals surface area (Å²) in [6, 6.07) is 4.34. The number of hydrogen-bond acceptors (Lipinski definition) is 5. The van der Waals surface area contributed by atoms with Crippen LogP contribution in [0.2, 0.25) is 0 Å². The van der Waals surface area contributed by atoms with Crippen LogP contribution in [0.15, 0.2) is 17.5 Å². The molecule has 1 aromatic heterocycles.